The lowest BCUT2D eigenvalue weighted by Gasteiger charge is -2.25. The van der Waals surface area contributed by atoms with Gasteiger partial charge in [0.2, 0.25) is 5.91 Å². The first-order chi connectivity index (χ1) is 7.56. The van der Waals surface area contributed by atoms with Gasteiger partial charge in [-0.2, -0.15) is 0 Å². The highest BCUT2D eigenvalue weighted by Crippen LogP contribution is 2.06. The molecule has 16 heavy (non-hydrogen) atoms. The number of amides is 1. The molecule has 2 unspecified atom stereocenters. The van der Waals surface area contributed by atoms with Crippen LogP contribution in [0.3, 0.4) is 0 Å². The summed E-state index contributed by atoms with van der Waals surface area (Å²) in [6.45, 7) is 9.11. The highest BCUT2D eigenvalue weighted by molar-refractivity contribution is 5.81. The number of hydrogen-bond acceptors (Lipinski definition) is 2. The number of carbonyl (C=O) groups is 1. The third-order valence-electron chi connectivity index (χ3n) is 3.11. The second kappa shape index (κ2) is 8.57. The molecule has 1 amide bonds. The number of rotatable bonds is 8. The smallest absolute Gasteiger partial charge is 0.239 e. The van der Waals surface area contributed by atoms with Crippen molar-refractivity contribution in [2.75, 3.05) is 13.6 Å². The van der Waals surface area contributed by atoms with Gasteiger partial charge in [-0.3, -0.25) is 4.79 Å². The summed E-state index contributed by atoms with van der Waals surface area (Å²) < 4.78 is 0. The van der Waals surface area contributed by atoms with Crippen LogP contribution in [-0.4, -0.2) is 36.5 Å². The Kier molecular flexibility index (Phi) is 8.26. The lowest BCUT2D eigenvalue weighted by atomic mass is 10.1. The number of unbranched alkanes of at least 4 members (excludes halogenated alkanes) is 1. The van der Waals surface area contributed by atoms with E-state index in [1.54, 1.807) is 4.90 Å². The van der Waals surface area contributed by atoms with E-state index in [0.29, 0.717) is 6.04 Å². The Morgan fingerprint density at radius 2 is 1.94 bits per heavy atom. The molecule has 3 nitrogen and oxygen atoms in total. The Bertz CT molecular complexity index is 194. The molecule has 0 spiro atoms. The van der Waals surface area contributed by atoms with Gasteiger partial charge in [-0.1, -0.05) is 26.7 Å². The van der Waals surface area contributed by atoms with E-state index >= 15 is 0 Å². The molecule has 2 atom stereocenters. The molecule has 0 aromatic rings. The first-order valence-electron chi connectivity index (χ1n) is 6.57. The molecule has 0 aliphatic carbocycles. The summed E-state index contributed by atoms with van der Waals surface area (Å²) in [5, 5.41) is 3.43. The highest BCUT2D eigenvalue weighted by atomic mass is 16.2. The molecule has 0 saturated carbocycles. The summed E-state index contributed by atoms with van der Waals surface area (Å²) in [5.74, 6) is 0.192. The third kappa shape index (κ3) is 5.50. The van der Waals surface area contributed by atoms with Crippen molar-refractivity contribution in [3.8, 4) is 0 Å². The fraction of sp³-hybridized carbons (Fsp3) is 0.923. The van der Waals surface area contributed by atoms with E-state index in [-0.39, 0.29) is 11.9 Å². The van der Waals surface area contributed by atoms with Gasteiger partial charge in [0.25, 0.3) is 0 Å². The first kappa shape index (κ1) is 15.4. The summed E-state index contributed by atoms with van der Waals surface area (Å²) in [6.07, 6.45) is 4.71. The minimum Gasteiger partial charge on any atom is -0.345 e. The van der Waals surface area contributed by atoms with Gasteiger partial charge in [0.15, 0.2) is 0 Å². The topological polar surface area (TPSA) is 32.3 Å². The monoisotopic (exact) mass is 228 g/mol. The van der Waals surface area contributed by atoms with Crippen LogP contribution in [0.1, 0.15) is 53.4 Å². The van der Waals surface area contributed by atoms with Crippen LogP contribution in [0, 0.1) is 0 Å². The normalized spacial score (nSPS) is 14.6. The second-order valence-corrected chi connectivity index (χ2v) is 4.49. The fourth-order valence-corrected chi connectivity index (χ4v) is 1.77. The molecule has 0 aromatic carbocycles. The van der Waals surface area contributed by atoms with Crippen molar-refractivity contribution in [1.82, 2.24) is 10.2 Å². The maximum Gasteiger partial charge on any atom is 0.239 e. The largest absolute Gasteiger partial charge is 0.345 e. The fourth-order valence-electron chi connectivity index (χ4n) is 1.77. The van der Waals surface area contributed by atoms with Crippen molar-refractivity contribution < 1.29 is 4.79 Å². The Balaban J connectivity index is 4.08. The van der Waals surface area contributed by atoms with E-state index < -0.39 is 0 Å². The molecule has 1 N–H and O–H groups in total. The van der Waals surface area contributed by atoms with Gasteiger partial charge >= 0.3 is 0 Å². The lowest BCUT2D eigenvalue weighted by molar-refractivity contribution is -0.131. The summed E-state index contributed by atoms with van der Waals surface area (Å²) in [5.41, 5.74) is 0. The molecule has 0 aromatic heterocycles. The predicted molar refractivity (Wildman–Crippen MR) is 69.5 cm³/mol. The lowest BCUT2D eigenvalue weighted by Crippen LogP contribution is -2.47. The molecular formula is C13H28N2O. The van der Waals surface area contributed by atoms with E-state index in [2.05, 4.69) is 19.2 Å². The zero-order valence-electron chi connectivity index (χ0n) is 11.5. The molecule has 0 saturated heterocycles. The van der Waals surface area contributed by atoms with Crippen LogP contribution in [-0.2, 0) is 4.79 Å². The molecular weight excluding hydrogens is 200 g/mol. The van der Waals surface area contributed by atoms with Gasteiger partial charge in [-0.15, -0.1) is 0 Å². The predicted octanol–water partition coefficient (Wildman–Crippen LogP) is 2.41. The number of nitrogens with zero attached hydrogens (tertiary/aromatic N) is 1. The first-order valence-corrected chi connectivity index (χ1v) is 6.57. The average molecular weight is 228 g/mol. The minimum atomic E-state index is -0.0632. The average Bonchev–Trinajstić information content (AvgIpc) is 2.31. The van der Waals surface area contributed by atoms with Gasteiger partial charge in [0, 0.05) is 19.6 Å². The van der Waals surface area contributed by atoms with Gasteiger partial charge < -0.3 is 10.2 Å². The molecule has 0 bridgehead atoms. The quantitative estimate of drug-likeness (QED) is 0.692. The molecule has 0 heterocycles. The van der Waals surface area contributed by atoms with Crippen LogP contribution >= 0.6 is 0 Å². The standard InChI is InChI=1S/C13H28N2O/c1-6-9-10-12(7-2)14-11(4)13(16)15(5)8-3/h11-12,14H,6-10H2,1-5H3. The van der Waals surface area contributed by atoms with Crippen molar-refractivity contribution in [2.45, 2.75) is 65.5 Å². The summed E-state index contributed by atoms with van der Waals surface area (Å²) >= 11 is 0. The third-order valence-corrected chi connectivity index (χ3v) is 3.11. The molecule has 3 heteroatoms. The summed E-state index contributed by atoms with van der Waals surface area (Å²) in [4.78, 5) is 13.6. The number of likely N-dealkylation sites (N-methyl/N-ethyl adjacent to an activating group) is 1. The van der Waals surface area contributed by atoms with Gasteiger partial charge in [-0.05, 0) is 26.7 Å². The second-order valence-electron chi connectivity index (χ2n) is 4.49. The van der Waals surface area contributed by atoms with E-state index in [1.165, 1.54) is 19.3 Å². The van der Waals surface area contributed by atoms with Crippen LogP contribution in [0.15, 0.2) is 0 Å². The van der Waals surface area contributed by atoms with Crippen molar-refractivity contribution >= 4 is 5.91 Å². The van der Waals surface area contributed by atoms with Crippen LogP contribution < -0.4 is 5.32 Å². The van der Waals surface area contributed by atoms with Crippen molar-refractivity contribution in [3.63, 3.8) is 0 Å². The van der Waals surface area contributed by atoms with Crippen LogP contribution in [0.4, 0.5) is 0 Å². The maximum absolute atomic E-state index is 11.9. The molecule has 0 fully saturated rings. The van der Waals surface area contributed by atoms with E-state index in [9.17, 15) is 4.79 Å². The van der Waals surface area contributed by atoms with Gasteiger partial charge in [0.05, 0.1) is 6.04 Å². The molecule has 0 aliphatic heterocycles. The Hall–Kier alpha value is -0.570. The number of nitrogens with one attached hydrogen (secondary N) is 1. The van der Waals surface area contributed by atoms with Crippen molar-refractivity contribution in [1.29, 1.82) is 0 Å². The Labute approximate surface area is 101 Å². The maximum atomic E-state index is 11.9. The van der Waals surface area contributed by atoms with Crippen molar-refractivity contribution in [3.05, 3.63) is 0 Å². The van der Waals surface area contributed by atoms with Gasteiger partial charge in [-0.25, -0.2) is 0 Å². The Morgan fingerprint density at radius 1 is 1.31 bits per heavy atom. The van der Waals surface area contributed by atoms with Crippen molar-refractivity contribution in [2.24, 2.45) is 0 Å². The SMILES string of the molecule is CCCCC(CC)NC(C)C(=O)N(C)CC. The highest BCUT2D eigenvalue weighted by Gasteiger charge is 2.18. The summed E-state index contributed by atoms with van der Waals surface area (Å²) in [6, 6.07) is 0.413. The molecule has 0 radical (unpaired) electrons. The van der Waals surface area contributed by atoms with E-state index in [4.69, 9.17) is 0 Å². The van der Waals surface area contributed by atoms with Crippen LogP contribution in [0.25, 0.3) is 0 Å². The minimum absolute atomic E-state index is 0.0632. The van der Waals surface area contributed by atoms with Crippen LogP contribution in [0.5, 0.6) is 0 Å². The summed E-state index contributed by atoms with van der Waals surface area (Å²) in [7, 11) is 1.85. The van der Waals surface area contributed by atoms with E-state index in [1.807, 2.05) is 20.9 Å². The zero-order chi connectivity index (χ0) is 12.6. The molecule has 0 rings (SSSR count). The van der Waals surface area contributed by atoms with E-state index in [0.717, 1.165) is 13.0 Å². The Morgan fingerprint density at radius 3 is 2.38 bits per heavy atom. The van der Waals surface area contributed by atoms with Gasteiger partial charge in [0.1, 0.15) is 0 Å². The molecule has 0 aliphatic rings. The number of carbonyl (C=O) groups excluding carboxylic acids is 1. The van der Waals surface area contributed by atoms with Crippen LogP contribution in [0.2, 0.25) is 0 Å². The zero-order valence-corrected chi connectivity index (χ0v) is 11.5. The number of hydrogen-bond donors (Lipinski definition) is 1. The molecule has 96 valence electrons.